The third-order valence-electron chi connectivity index (χ3n) is 3.31. The number of rotatable bonds is 6. The maximum atomic E-state index is 13.4. The predicted octanol–water partition coefficient (Wildman–Crippen LogP) is 1.29. The van der Waals surface area contributed by atoms with E-state index in [0.29, 0.717) is 17.8 Å². The van der Waals surface area contributed by atoms with Crippen LogP contribution in [-0.4, -0.2) is 27.2 Å². The second kappa shape index (κ2) is 7.35. The molecule has 0 saturated carbocycles. The van der Waals surface area contributed by atoms with Gasteiger partial charge >= 0.3 is 0 Å². The molecule has 0 amide bonds. The fraction of sp³-hybridized carbons (Fsp3) is 0.333. The van der Waals surface area contributed by atoms with Gasteiger partial charge in [0.15, 0.2) is 0 Å². The number of nitrogens with two attached hydrogens (primary N) is 1. The van der Waals surface area contributed by atoms with Crippen molar-refractivity contribution in [3.63, 3.8) is 0 Å². The van der Waals surface area contributed by atoms with Crippen molar-refractivity contribution in [3.05, 3.63) is 59.7 Å². The molecule has 0 radical (unpaired) electrons. The van der Waals surface area contributed by atoms with Gasteiger partial charge in [0.1, 0.15) is 11.6 Å². The summed E-state index contributed by atoms with van der Waals surface area (Å²) in [4.78, 5) is 8.05. The van der Waals surface area contributed by atoms with Crippen molar-refractivity contribution in [3.8, 4) is 0 Å². The molecule has 0 aliphatic carbocycles. The van der Waals surface area contributed by atoms with Crippen LogP contribution in [0.1, 0.15) is 24.2 Å². The van der Waals surface area contributed by atoms with Gasteiger partial charge in [-0.15, -0.1) is 0 Å². The summed E-state index contributed by atoms with van der Waals surface area (Å²) in [5, 5.41) is 12.8. The second-order valence-corrected chi connectivity index (χ2v) is 5.08. The van der Waals surface area contributed by atoms with E-state index in [2.05, 4.69) is 15.3 Å². The minimum absolute atomic E-state index is 0.303. The molecule has 3 atom stereocenters. The number of aliphatic hydroxyl groups is 1. The van der Waals surface area contributed by atoms with E-state index in [-0.39, 0.29) is 0 Å². The third kappa shape index (κ3) is 4.27. The molecule has 1 aromatic heterocycles. The van der Waals surface area contributed by atoms with Gasteiger partial charge in [-0.05, 0) is 24.6 Å². The second-order valence-electron chi connectivity index (χ2n) is 5.08. The normalized spacial score (nSPS) is 15.3. The van der Waals surface area contributed by atoms with Crippen molar-refractivity contribution in [1.82, 2.24) is 15.3 Å². The first-order chi connectivity index (χ1) is 10.5. The van der Waals surface area contributed by atoms with Crippen molar-refractivity contribution < 1.29 is 13.9 Å². The first-order valence-electron chi connectivity index (χ1n) is 6.85. The minimum atomic E-state index is -0.856. The highest BCUT2D eigenvalue weighted by Crippen LogP contribution is 2.21. The molecule has 22 heavy (non-hydrogen) atoms. The highest BCUT2D eigenvalue weighted by Gasteiger charge is 2.24. The SMILES string of the molecule is C[C@@H](O)[C@@H](N)C(NCc1cnccn1)c1cc(F)cc(F)c1. The summed E-state index contributed by atoms with van der Waals surface area (Å²) >= 11 is 0. The predicted molar refractivity (Wildman–Crippen MR) is 77.6 cm³/mol. The Morgan fingerprint density at radius 3 is 2.45 bits per heavy atom. The lowest BCUT2D eigenvalue weighted by Crippen LogP contribution is -2.44. The van der Waals surface area contributed by atoms with Crippen molar-refractivity contribution in [1.29, 1.82) is 0 Å². The average Bonchev–Trinajstić information content (AvgIpc) is 2.47. The standard InChI is InChI=1S/C15H18F2N4O/c1-9(22)14(18)15(10-4-11(16)6-12(17)5-10)21-8-13-7-19-2-3-20-13/h2-7,9,14-15,21-22H,8,18H2,1H3/t9-,14-,15?/m1/s1. The maximum absolute atomic E-state index is 13.4. The van der Waals surface area contributed by atoms with E-state index in [1.54, 1.807) is 18.6 Å². The minimum Gasteiger partial charge on any atom is -0.392 e. The van der Waals surface area contributed by atoms with Crippen LogP contribution in [0.4, 0.5) is 8.78 Å². The zero-order chi connectivity index (χ0) is 16.1. The van der Waals surface area contributed by atoms with Crippen LogP contribution in [0.5, 0.6) is 0 Å². The summed E-state index contributed by atoms with van der Waals surface area (Å²) in [6.07, 6.45) is 3.81. The number of hydrogen-bond acceptors (Lipinski definition) is 5. The van der Waals surface area contributed by atoms with Crippen LogP contribution < -0.4 is 11.1 Å². The zero-order valence-electron chi connectivity index (χ0n) is 12.1. The summed E-state index contributed by atoms with van der Waals surface area (Å²) in [5.74, 6) is -1.39. The van der Waals surface area contributed by atoms with Crippen LogP contribution in [0.25, 0.3) is 0 Å². The average molecular weight is 308 g/mol. The molecule has 0 aliphatic heterocycles. The van der Waals surface area contributed by atoms with Gasteiger partial charge in [0, 0.05) is 37.2 Å². The number of nitrogens with zero attached hydrogens (tertiary/aromatic N) is 2. The Balaban J connectivity index is 2.22. The molecule has 5 nitrogen and oxygen atoms in total. The van der Waals surface area contributed by atoms with Gasteiger partial charge in [0.05, 0.1) is 17.8 Å². The van der Waals surface area contributed by atoms with Gasteiger partial charge in [0.2, 0.25) is 0 Å². The first-order valence-corrected chi connectivity index (χ1v) is 6.85. The summed E-state index contributed by atoms with van der Waals surface area (Å²) < 4.78 is 26.8. The van der Waals surface area contributed by atoms with Crippen molar-refractivity contribution in [2.45, 2.75) is 31.7 Å². The van der Waals surface area contributed by atoms with E-state index in [0.717, 1.165) is 6.07 Å². The summed E-state index contributed by atoms with van der Waals surface area (Å²) in [6.45, 7) is 1.83. The lowest BCUT2D eigenvalue weighted by molar-refractivity contribution is 0.142. The number of aromatic nitrogens is 2. The van der Waals surface area contributed by atoms with Crippen LogP contribution in [-0.2, 0) is 6.54 Å². The molecule has 0 spiro atoms. The largest absolute Gasteiger partial charge is 0.392 e. The quantitative estimate of drug-likeness (QED) is 0.749. The van der Waals surface area contributed by atoms with Crippen LogP contribution in [0.15, 0.2) is 36.8 Å². The molecular weight excluding hydrogens is 290 g/mol. The third-order valence-corrected chi connectivity index (χ3v) is 3.31. The fourth-order valence-electron chi connectivity index (χ4n) is 2.15. The molecule has 4 N–H and O–H groups in total. The van der Waals surface area contributed by atoms with Gasteiger partial charge in [-0.1, -0.05) is 0 Å². The van der Waals surface area contributed by atoms with E-state index in [4.69, 9.17) is 5.73 Å². The van der Waals surface area contributed by atoms with Crippen LogP contribution in [0.3, 0.4) is 0 Å². The van der Waals surface area contributed by atoms with E-state index < -0.39 is 29.8 Å². The Kier molecular flexibility index (Phi) is 5.48. The Hall–Kier alpha value is -1.96. The molecule has 2 aromatic rings. The molecule has 7 heteroatoms. The van der Waals surface area contributed by atoms with E-state index in [1.807, 2.05) is 0 Å². The molecule has 0 bridgehead atoms. The number of aliphatic hydroxyl groups excluding tert-OH is 1. The highest BCUT2D eigenvalue weighted by molar-refractivity contribution is 5.23. The molecule has 2 rings (SSSR count). The smallest absolute Gasteiger partial charge is 0.126 e. The monoisotopic (exact) mass is 308 g/mol. The summed E-state index contributed by atoms with van der Waals surface area (Å²) in [7, 11) is 0. The first kappa shape index (κ1) is 16.4. The van der Waals surface area contributed by atoms with E-state index in [1.165, 1.54) is 19.1 Å². The Morgan fingerprint density at radius 1 is 1.23 bits per heavy atom. The molecule has 0 saturated heterocycles. The number of hydrogen-bond donors (Lipinski definition) is 3. The Labute approximate surface area is 127 Å². The van der Waals surface area contributed by atoms with E-state index in [9.17, 15) is 13.9 Å². The van der Waals surface area contributed by atoms with Crippen molar-refractivity contribution in [2.75, 3.05) is 0 Å². The van der Waals surface area contributed by atoms with Gasteiger partial charge in [0.25, 0.3) is 0 Å². The molecule has 0 aliphatic rings. The number of nitrogens with one attached hydrogen (secondary N) is 1. The van der Waals surface area contributed by atoms with Crippen molar-refractivity contribution in [2.24, 2.45) is 5.73 Å². The Morgan fingerprint density at radius 2 is 1.91 bits per heavy atom. The lowest BCUT2D eigenvalue weighted by atomic mass is 9.96. The van der Waals surface area contributed by atoms with E-state index >= 15 is 0 Å². The number of halogens is 2. The van der Waals surface area contributed by atoms with Gasteiger partial charge in [-0.2, -0.15) is 0 Å². The Bertz CT molecular complexity index is 589. The molecule has 1 aromatic carbocycles. The van der Waals surface area contributed by atoms with Gasteiger partial charge in [-0.3, -0.25) is 9.97 Å². The van der Waals surface area contributed by atoms with Gasteiger partial charge < -0.3 is 16.2 Å². The lowest BCUT2D eigenvalue weighted by Gasteiger charge is -2.27. The zero-order valence-corrected chi connectivity index (χ0v) is 12.1. The maximum Gasteiger partial charge on any atom is 0.126 e. The van der Waals surface area contributed by atoms with Gasteiger partial charge in [-0.25, -0.2) is 8.78 Å². The van der Waals surface area contributed by atoms with Crippen molar-refractivity contribution >= 4 is 0 Å². The van der Waals surface area contributed by atoms with Crippen LogP contribution in [0.2, 0.25) is 0 Å². The molecule has 1 unspecified atom stereocenters. The molecular formula is C15H18F2N4O. The van der Waals surface area contributed by atoms with Crippen LogP contribution in [0, 0.1) is 11.6 Å². The summed E-state index contributed by atoms with van der Waals surface area (Å²) in [5.41, 5.74) is 6.95. The summed E-state index contributed by atoms with van der Waals surface area (Å²) in [6, 6.07) is 1.81. The molecule has 118 valence electrons. The topological polar surface area (TPSA) is 84.1 Å². The molecule has 0 fully saturated rings. The fourth-order valence-corrected chi connectivity index (χ4v) is 2.15. The van der Waals surface area contributed by atoms with Crippen LogP contribution >= 0.6 is 0 Å². The highest BCUT2D eigenvalue weighted by atomic mass is 19.1. The number of benzene rings is 1. The molecule has 1 heterocycles.